The molecule has 0 aliphatic carbocycles. The number of amides is 1. The molecule has 2 rings (SSSR count). The summed E-state index contributed by atoms with van der Waals surface area (Å²) in [5, 5.41) is 6.95. The number of rotatable bonds is 7. The monoisotopic (exact) mass is 319 g/mol. The minimum atomic E-state index is -0.125. The number of aryl methyl sites for hydroxylation is 1. The predicted octanol–water partition coefficient (Wildman–Crippen LogP) is 3.03. The summed E-state index contributed by atoms with van der Waals surface area (Å²) in [5.74, 6) is 2.19. The third kappa shape index (κ3) is 5.54. The zero-order valence-corrected chi connectivity index (χ0v) is 14.3. The highest BCUT2D eigenvalue weighted by Crippen LogP contribution is 2.18. The Hall–Kier alpha value is -2.11. The van der Waals surface area contributed by atoms with Crippen molar-refractivity contribution in [3.05, 3.63) is 35.9 Å². The molecular weight excluding hydrogens is 294 g/mol. The number of carbonyl (C=O) groups is 1. The lowest BCUT2D eigenvalue weighted by atomic mass is 9.96. The van der Waals surface area contributed by atoms with Gasteiger partial charge in [0.2, 0.25) is 11.8 Å². The van der Waals surface area contributed by atoms with Gasteiger partial charge in [0.25, 0.3) is 0 Å². The van der Waals surface area contributed by atoms with E-state index in [9.17, 15) is 4.79 Å². The summed E-state index contributed by atoms with van der Waals surface area (Å²) < 4.78 is 10.5. The molecule has 0 aliphatic rings. The van der Waals surface area contributed by atoms with Gasteiger partial charge < -0.3 is 14.3 Å². The van der Waals surface area contributed by atoms with Gasteiger partial charge >= 0.3 is 0 Å². The molecule has 0 bridgehead atoms. The standard InChI is InChI=1S/C17H25N3O3/c1-12(11-13-7-6-10-22-13)18-14(21)8-5-9-15-19-16(20-23-15)17(2,3)4/h6-7,10,12H,5,8-9,11H2,1-4H3,(H,18,21). The number of aromatic nitrogens is 2. The largest absolute Gasteiger partial charge is 0.469 e. The van der Waals surface area contributed by atoms with E-state index in [0.29, 0.717) is 37.4 Å². The van der Waals surface area contributed by atoms with Gasteiger partial charge in [-0.3, -0.25) is 4.79 Å². The second kappa shape index (κ2) is 7.44. The van der Waals surface area contributed by atoms with Gasteiger partial charge in [-0.15, -0.1) is 0 Å². The van der Waals surface area contributed by atoms with Gasteiger partial charge in [0.1, 0.15) is 5.76 Å². The molecule has 0 saturated carbocycles. The fourth-order valence-electron chi connectivity index (χ4n) is 2.19. The summed E-state index contributed by atoms with van der Waals surface area (Å²) in [6.07, 6.45) is 4.07. The van der Waals surface area contributed by atoms with Crippen LogP contribution in [-0.4, -0.2) is 22.1 Å². The first kappa shape index (κ1) is 17.2. The van der Waals surface area contributed by atoms with Crippen LogP contribution in [0.5, 0.6) is 0 Å². The molecule has 1 unspecified atom stereocenters. The van der Waals surface area contributed by atoms with Gasteiger partial charge in [0.15, 0.2) is 5.82 Å². The molecule has 0 saturated heterocycles. The van der Waals surface area contributed by atoms with Crippen LogP contribution >= 0.6 is 0 Å². The van der Waals surface area contributed by atoms with E-state index in [4.69, 9.17) is 8.94 Å². The number of hydrogen-bond donors (Lipinski definition) is 1. The van der Waals surface area contributed by atoms with E-state index >= 15 is 0 Å². The Bertz CT molecular complexity index is 611. The highest BCUT2D eigenvalue weighted by atomic mass is 16.5. The Morgan fingerprint density at radius 2 is 2.17 bits per heavy atom. The predicted molar refractivity (Wildman–Crippen MR) is 86.0 cm³/mol. The lowest BCUT2D eigenvalue weighted by Crippen LogP contribution is -2.33. The molecule has 6 heteroatoms. The van der Waals surface area contributed by atoms with E-state index in [1.807, 2.05) is 39.8 Å². The minimum Gasteiger partial charge on any atom is -0.469 e. The van der Waals surface area contributed by atoms with Gasteiger partial charge in [0, 0.05) is 30.7 Å². The van der Waals surface area contributed by atoms with E-state index in [-0.39, 0.29) is 17.4 Å². The third-order valence-electron chi connectivity index (χ3n) is 3.43. The van der Waals surface area contributed by atoms with E-state index in [1.165, 1.54) is 0 Å². The van der Waals surface area contributed by atoms with Crippen molar-refractivity contribution >= 4 is 5.91 Å². The summed E-state index contributed by atoms with van der Waals surface area (Å²) in [6, 6.07) is 3.80. The van der Waals surface area contributed by atoms with Gasteiger partial charge in [-0.05, 0) is 25.5 Å². The van der Waals surface area contributed by atoms with E-state index < -0.39 is 0 Å². The minimum absolute atomic E-state index is 0.0274. The molecule has 0 aliphatic heterocycles. The topological polar surface area (TPSA) is 81.2 Å². The molecule has 6 nitrogen and oxygen atoms in total. The third-order valence-corrected chi connectivity index (χ3v) is 3.43. The molecule has 2 heterocycles. The summed E-state index contributed by atoms with van der Waals surface area (Å²) >= 11 is 0. The fraction of sp³-hybridized carbons (Fsp3) is 0.588. The number of nitrogens with one attached hydrogen (secondary N) is 1. The molecule has 2 aromatic rings. The first-order valence-corrected chi connectivity index (χ1v) is 7.99. The molecule has 1 amide bonds. The molecule has 2 aromatic heterocycles. The van der Waals surface area contributed by atoms with Crippen LogP contribution in [-0.2, 0) is 23.1 Å². The summed E-state index contributed by atoms with van der Waals surface area (Å²) in [6.45, 7) is 8.08. The van der Waals surface area contributed by atoms with Crippen molar-refractivity contribution in [2.45, 2.75) is 64.8 Å². The van der Waals surface area contributed by atoms with Crippen molar-refractivity contribution in [3.8, 4) is 0 Å². The van der Waals surface area contributed by atoms with Gasteiger partial charge in [-0.2, -0.15) is 4.98 Å². The number of hydrogen-bond acceptors (Lipinski definition) is 5. The van der Waals surface area contributed by atoms with E-state index in [0.717, 1.165) is 5.76 Å². The smallest absolute Gasteiger partial charge is 0.226 e. The van der Waals surface area contributed by atoms with Crippen LogP contribution in [0.2, 0.25) is 0 Å². The molecule has 0 radical (unpaired) electrons. The molecule has 0 fully saturated rings. The molecule has 0 aromatic carbocycles. The van der Waals surface area contributed by atoms with Crippen LogP contribution in [0.3, 0.4) is 0 Å². The lowest BCUT2D eigenvalue weighted by Gasteiger charge is -2.12. The summed E-state index contributed by atoms with van der Waals surface area (Å²) in [7, 11) is 0. The van der Waals surface area contributed by atoms with Crippen molar-refractivity contribution in [2.75, 3.05) is 0 Å². The highest BCUT2D eigenvalue weighted by Gasteiger charge is 2.20. The quantitative estimate of drug-likeness (QED) is 0.848. The Kier molecular flexibility index (Phi) is 5.58. The molecular formula is C17H25N3O3. The van der Waals surface area contributed by atoms with Crippen molar-refractivity contribution in [1.82, 2.24) is 15.5 Å². The molecule has 23 heavy (non-hydrogen) atoms. The fourth-order valence-corrected chi connectivity index (χ4v) is 2.19. The van der Waals surface area contributed by atoms with Crippen LogP contribution in [0.15, 0.2) is 27.3 Å². The maximum atomic E-state index is 11.9. The Balaban J connectivity index is 1.69. The normalized spacial score (nSPS) is 13.0. The molecule has 0 spiro atoms. The van der Waals surface area contributed by atoms with Crippen molar-refractivity contribution in [3.63, 3.8) is 0 Å². The van der Waals surface area contributed by atoms with E-state index in [2.05, 4.69) is 15.5 Å². The van der Waals surface area contributed by atoms with Crippen LogP contribution in [0.25, 0.3) is 0 Å². The number of carbonyl (C=O) groups excluding carboxylic acids is 1. The van der Waals surface area contributed by atoms with Gasteiger partial charge in [0.05, 0.1) is 6.26 Å². The maximum absolute atomic E-state index is 11.9. The van der Waals surface area contributed by atoms with Gasteiger partial charge in [-0.25, -0.2) is 0 Å². The van der Waals surface area contributed by atoms with Crippen LogP contribution in [0, 0.1) is 0 Å². The molecule has 126 valence electrons. The first-order valence-electron chi connectivity index (χ1n) is 7.99. The SMILES string of the molecule is CC(Cc1ccco1)NC(=O)CCCc1nc(C(C)(C)C)no1. The second-order valence-corrected chi connectivity index (χ2v) is 6.87. The summed E-state index contributed by atoms with van der Waals surface area (Å²) in [4.78, 5) is 16.3. The van der Waals surface area contributed by atoms with Gasteiger partial charge in [-0.1, -0.05) is 25.9 Å². The van der Waals surface area contributed by atoms with Crippen molar-refractivity contribution in [1.29, 1.82) is 0 Å². The van der Waals surface area contributed by atoms with E-state index in [1.54, 1.807) is 6.26 Å². The number of furan rings is 1. The van der Waals surface area contributed by atoms with Crippen LogP contribution in [0.1, 0.15) is 58.0 Å². The lowest BCUT2D eigenvalue weighted by molar-refractivity contribution is -0.121. The van der Waals surface area contributed by atoms with Crippen molar-refractivity contribution in [2.24, 2.45) is 0 Å². The molecule has 1 N–H and O–H groups in total. The second-order valence-electron chi connectivity index (χ2n) is 6.87. The highest BCUT2D eigenvalue weighted by molar-refractivity contribution is 5.76. The Morgan fingerprint density at radius 1 is 1.39 bits per heavy atom. The molecule has 1 atom stereocenters. The summed E-state index contributed by atoms with van der Waals surface area (Å²) in [5.41, 5.74) is -0.125. The average Bonchev–Trinajstić information content (AvgIpc) is 3.09. The number of nitrogens with zero attached hydrogens (tertiary/aromatic N) is 2. The Morgan fingerprint density at radius 3 is 2.78 bits per heavy atom. The van der Waals surface area contributed by atoms with Crippen LogP contribution < -0.4 is 5.32 Å². The maximum Gasteiger partial charge on any atom is 0.226 e. The first-order chi connectivity index (χ1) is 10.8. The average molecular weight is 319 g/mol. The Labute approximate surface area is 136 Å². The zero-order valence-electron chi connectivity index (χ0n) is 14.3. The zero-order chi connectivity index (χ0) is 16.9. The van der Waals surface area contributed by atoms with Crippen LogP contribution in [0.4, 0.5) is 0 Å². The van der Waals surface area contributed by atoms with Crippen molar-refractivity contribution < 1.29 is 13.7 Å².